The summed E-state index contributed by atoms with van der Waals surface area (Å²) in [7, 11) is -4.00. The monoisotopic (exact) mass is 484 g/mol. The van der Waals surface area contributed by atoms with Gasteiger partial charge in [0.05, 0.1) is 33.8 Å². The van der Waals surface area contributed by atoms with Crippen LogP contribution in [0.5, 0.6) is 5.75 Å². The third kappa shape index (κ3) is 4.99. The standard InChI is InChI=1S/C22H23F3N2O5S/c1-14-3-5-18(6-4-14)33(29,30)32-8-7-31-17-9-15-13-26-27(16-11-21(2,28)12-16)20(15)19(10-17)22(23,24)25/h3-6,9-10,13,16,28H,7-8,11-12H2,1-2H3. The lowest BCUT2D eigenvalue weighted by molar-refractivity contribution is -0.136. The van der Waals surface area contributed by atoms with E-state index in [4.69, 9.17) is 8.92 Å². The van der Waals surface area contributed by atoms with E-state index in [-0.39, 0.29) is 40.8 Å². The van der Waals surface area contributed by atoms with E-state index in [1.165, 1.54) is 29.1 Å². The number of aryl methyl sites for hydroxylation is 1. The lowest BCUT2D eigenvalue weighted by Gasteiger charge is -2.41. The molecule has 0 atom stereocenters. The maximum Gasteiger partial charge on any atom is 0.418 e. The van der Waals surface area contributed by atoms with Crippen LogP contribution in [0, 0.1) is 6.92 Å². The molecule has 0 unspecified atom stereocenters. The Labute approximate surface area is 188 Å². The predicted molar refractivity (Wildman–Crippen MR) is 113 cm³/mol. The van der Waals surface area contributed by atoms with Crippen molar-refractivity contribution in [3.63, 3.8) is 0 Å². The van der Waals surface area contributed by atoms with E-state index >= 15 is 0 Å². The van der Waals surface area contributed by atoms with Crippen molar-refractivity contribution in [1.29, 1.82) is 0 Å². The lowest BCUT2D eigenvalue weighted by Crippen LogP contribution is -2.42. The van der Waals surface area contributed by atoms with Crippen molar-refractivity contribution in [1.82, 2.24) is 9.78 Å². The van der Waals surface area contributed by atoms with E-state index in [1.54, 1.807) is 19.1 Å². The van der Waals surface area contributed by atoms with Gasteiger partial charge in [-0.2, -0.15) is 26.7 Å². The Kier molecular flexibility index (Phi) is 5.92. The minimum atomic E-state index is -4.66. The van der Waals surface area contributed by atoms with Gasteiger partial charge < -0.3 is 9.84 Å². The Morgan fingerprint density at radius 2 is 1.85 bits per heavy atom. The van der Waals surface area contributed by atoms with Crippen LogP contribution in [-0.4, -0.2) is 42.1 Å². The molecule has 11 heteroatoms. The molecule has 1 N–H and O–H groups in total. The van der Waals surface area contributed by atoms with Crippen molar-refractivity contribution in [2.45, 2.75) is 49.4 Å². The van der Waals surface area contributed by atoms with Crippen LogP contribution in [0.3, 0.4) is 0 Å². The van der Waals surface area contributed by atoms with Crippen LogP contribution in [0.25, 0.3) is 10.9 Å². The second kappa shape index (κ2) is 8.30. The topological polar surface area (TPSA) is 90.7 Å². The van der Waals surface area contributed by atoms with Crippen LogP contribution in [-0.2, 0) is 20.5 Å². The minimum Gasteiger partial charge on any atom is -0.491 e. The number of aliphatic hydroxyl groups is 1. The van der Waals surface area contributed by atoms with E-state index in [1.807, 2.05) is 6.92 Å². The summed E-state index contributed by atoms with van der Waals surface area (Å²) in [6.45, 7) is 2.81. The molecule has 2 aromatic carbocycles. The average Bonchev–Trinajstić information content (AvgIpc) is 3.12. The third-order valence-corrected chi connectivity index (χ3v) is 6.89. The van der Waals surface area contributed by atoms with Crippen LogP contribution in [0.4, 0.5) is 13.2 Å². The van der Waals surface area contributed by atoms with Crippen LogP contribution >= 0.6 is 0 Å². The van der Waals surface area contributed by atoms with Gasteiger partial charge in [0, 0.05) is 5.39 Å². The lowest BCUT2D eigenvalue weighted by atomic mass is 9.77. The summed E-state index contributed by atoms with van der Waals surface area (Å²) < 4.78 is 77.4. The van der Waals surface area contributed by atoms with Gasteiger partial charge in [-0.15, -0.1) is 0 Å². The molecular weight excluding hydrogens is 461 g/mol. The van der Waals surface area contributed by atoms with Gasteiger partial charge in [-0.3, -0.25) is 8.86 Å². The van der Waals surface area contributed by atoms with Gasteiger partial charge in [0.25, 0.3) is 10.1 Å². The van der Waals surface area contributed by atoms with Gasteiger partial charge in [-0.1, -0.05) is 17.7 Å². The Balaban J connectivity index is 1.49. The molecule has 0 saturated heterocycles. The Bertz CT molecular complexity index is 1260. The molecule has 0 amide bonds. The van der Waals surface area contributed by atoms with E-state index < -0.39 is 27.5 Å². The van der Waals surface area contributed by atoms with E-state index in [9.17, 15) is 26.7 Å². The number of hydrogen-bond acceptors (Lipinski definition) is 6. The van der Waals surface area contributed by atoms with Gasteiger partial charge >= 0.3 is 6.18 Å². The summed E-state index contributed by atoms with van der Waals surface area (Å²) in [5, 5.41) is 14.3. The molecule has 1 heterocycles. The maximum atomic E-state index is 13.8. The van der Waals surface area contributed by atoms with E-state index in [0.717, 1.165) is 11.6 Å². The zero-order chi connectivity index (χ0) is 24.0. The average molecular weight is 484 g/mol. The van der Waals surface area contributed by atoms with Crippen LogP contribution in [0.1, 0.15) is 36.9 Å². The Morgan fingerprint density at radius 3 is 2.45 bits per heavy atom. The summed E-state index contributed by atoms with van der Waals surface area (Å²) >= 11 is 0. The first-order valence-corrected chi connectivity index (χ1v) is 11.7. The van der Waals surface area contributed by atoms with Gasteiger partial charge in [-0.05, 0) is 51.0 Å². The first kappa shape index (κ1) is 23.5. The molecule has 0 radical (unpaired) electrons. The van der Waals surface area contributed by atoms with Crippen LogP contribution in [0.15, 0.2) is 47.5 Å². The van der Waals surface area contributed by atoms with Crippen molar-refractivity contribution < 1.29 is 35.6 Å². The zero-order valence-corrected chi connectivity index (χ0v) is 18.8. The molecule has 33 heavy (non-hydrogen) atoms. The fourth-order valence-electron chi connectivity index (χ4n) is 3.95. The number of hydrogen-bond donors (Lipinski definition) is 1. The quantitative estimate of drug-likeness (QED) is 0.399. The second-order valence-electron chi connectivity index (χ2n) is 8.49. The Morgan fingerprint density at radius 1 is 1.18 bits per heavy atom. The SMILES string of the molecule is Cc1ccc(S(=O)(=O)OCCOc2cc(C(F)(F)F)c3c(cnn3C3CC(C)(O)C3)c2)cc1. The summed E-state index contributed by atoms with van der Waals surface area (Å²) in [5.74, 6) is -0.0775. The zero-order valence-electron chi connectivity index (χ0n) is 18.0. The third-order valence-electron chi connectivity index (χ3n) is 5.57. The van der Waals surface area contributed by atoms with Crippen molar-refractivity contribution >= 4 is 21.0 Å². The number of ether oxygens (including phenoxy) is 1. The fraction of sp³-hybridized carbons (Fsp3) is 0.409. The summed E-state index contributed by atoms with van der Waals surface area (Å²) in [4.78, 5) is -0.0173. The van der Waals surface area contributed by atoms with Crippen molar-refractivity contribution in [2.75, 3.05) is 13.2 Å². The second-order valence-corrected chi connectivity index (χ2v) is 10.1. The molecule has 178 valence electrons. The number of halogens is 3. The van der Waals surface area contributed by atoms with Crippen LogP contribution < -0.4 is 4.74 Å². The maximum absolute atomic E-state index is 13.8. The molecule has 0 aliphatic heterocycles. The molecule has 1 aliphatic carbocycles. The molecule has 3 aromatic rings. The molecular formula is C22H23F3N2O5S. The molecule has 0 spiro atoms. The molecule has 1 saturated carbocycles. The highest BCUT2D eigenvalue weighted by Gasteiger charge is 2.42. The van der Waals surface area contributed by atoms with E-state index in [0.29, 0.717) is 12.8 Å². The summed E-state index contributed by atoms with van der Waals surface area (Å²) in [6, 6.07) is 8.04. The van der Waals surface area contributed by atoms with Gasteiger partial charge in [-0.25, -0.2) is 0 Å². The molecule has 1 fully saturated rings. The molecule has 7 nitrogen and oxygen atoms in total. The number of aromatic nitrogens is 2. The first-order valence-electron chi connectivity index (χ1n) is 10.3. The summed E-state index contributed by atoms with van der Waals surface area (Å²) in [6.07, 6.45) is -2.71. The fourth-order valence-corrected chi connectivity index (χ4v) is 4.84. The van der Waals surface area contributed by atoms with E-state index in [2.05, 4.69) is 5.10 Å². The number of alkyl halides is 3. The van der Waals surface area contributed by atoms with Crippen LogP contribution in [0.2, 0.25) is 0 Å². The molecule has 1 aromatic heterocycles. The number of rotatable bonds is 7. The first-order chi connectivity index (χ1) is 15.4. The van der Waals surface area contributed by atoms with Gasteiger partial charge in [0.15, 0.2) is 0 Å². The van der Waals surface area contributed by atoms with Crippen molar-refractivity contribution in [3.05, 3.63) is 53.7 Å². The molecule has 0 bridgehead atoms. The highest BCUT2D eigenvalue weighted by Crippen LogP contribution is 2.45. The van der Waals surface area contributed by atoms with Crippen molar-refractivity contribution in [3.8, 4) is 5.75 Å². The van der Waals surface area contributed by atoms with Gasteiger partial charge in [0.1, 0.15) is 19.0 Å². The highest BCUT2D eigenvalue weighted by atomic mass is 32.2. The number of nitrogens with zero attached hydrogens (tertiary/aromatic N) is 2. The minimum absolute atomic E-state index is 0.0173. The summed E-state index contributed by atoms with van der Waals surface area (Å²) in [5.41, 5.74) is -1.01. The van der Waals surface area contributed by atoms with Gasteiger partial charge in [0.2, 0.25) is 0 Å². The largest absolute Gasteiger partial charge is 0.491 e. The Hall–Kier alpha value is -2.63. The van der Waals surface area contributed by atoms with Crippen molar-refractivity contribution in [2.24, 2.45) is 0 Å². The number of benzene rings is 2. The normalized spacial score (nSPS) is 21.2. The molecule has 4 rings (SSSR count). The highest BCUT2D eigenvalue weighted by molar-refractivity contribution is 7.86. The smallest absolute Gasteiger partial charge is 0.418 e. The molecule has 1 aliphatic rings. The predicted octanol–water partition coefficient (Wildman–Crippen LogP) is 4.23. The number of fused-ring (bicyclic) bond motifs is 1.